The van der Waals surface area contributed by atoms with Crippen molar-refractivity contribution in [3.05, 3.63) is 36.0 Å². The number of carbonyl (C=O) groups is 1. The summed E-state index contributed by atoms with van der Waals surface area (Å²) in [5, 5.41) is 8.70. The molecule has 2 aromatic rings. The van der Waals surface area contributed by atoms with Gasteiger partial charge in [0.15, 0.2) is 5.95 Å². The van der Waals surface area contributed by atoms with Gasteiger partial charge in [-0.05, 0) is 12.0 Å². The van der Waals surface area contributed by atoms with E-state index < -0.39 is 5.97 Å². The number of H-pyrrole nitrogens is 1. The molecule has 4 N–H and O–H groups in total. The molecule has 0 aliphatic carbocycles. The Morgan fingerprint density at radius 2 is 2.18 bits per heavy atom. The molecule has 1 heterocycles. The number of aliphatic carboxylic acids is 1. The lowest BCUT2D eigenvalue weighted by molar-refractivity contribution is -0.136. The van der Waals surface area contributed by atoms with E-state index in [2.05, 4.69) is 9.97 Å². The monoisotopic (exact) mass is 231 g/mol. The number of hydrogen-bond acceptors (Lipinski definition) is 3. The lowest BCUT2D eigenvalue weighted by Gasteiger charge is -2.06. The van der Waals surface area contributed by atoms with Crippen LogP contribution in [0.1, 0.15) is 12.0 Å². The molecule has 0 amide bonds. The van der Waals surface area contributed by atoms with Crippen LogP contribution in [0.2, 0.25) is 0 Å². The Balaban J connectivity index is 2.30. The van der Waals surface area contributed by atoms with Crippen molar-refractivity contribution in [3.8, 4) is 11.3 Å². The molecule has 0 aliphatic rings. The van der Waals surface area contributed by atoms with Crippen LogP contribution in [0, 0.1) is 0 Å². The topological polar surface area (TPSA) is 92.0 Å². The van der Waals surface area contributed by atoms with Gasteiger partial charge in [0.2, 0.25) is 0 Å². The Bertz CT molecular complexity index is 534. The average molecular weight is 231 g/mol. The minimum Gasteiger partial charge on any atom is -0.481 e. The van der Waals surface area contributed by atoms with Crippen LogP contribution >= 0.6 is 0 Å². The Kier molecular flexibility index (Phi) is 3.09. The van der Waals surface area contributed by atoms with E-state index in [1.807, 2.05) is 24.3 Å². The van der Waals surface area contributed by atoms with Gasteiger partial charge >= 0.3 is 5.97 Å². The van der Waals surface area contributed by atoms with Crippen LogP contribution in [-0.4, -0.2) is 21.0 Å². The van der Waals surface area contributed by atoms with E-state index >= 15 is 0 Å². The fraction of sp³-hybridized carbons (Fsp3) is 0.167. The Morgan fingerprint density at radius 1 is 1.41 bits per heavy atom. The number of anilines is 1. The van der Waals surface area contributed by atoms with Crippen LogP contribution in [0.25, 0.3) is 11.3 Å². The standard InChI is InChI=1S/C12H13N3O2/c13-12-14-7-10(15-12)9-4-2-1-3-8(9)5-6-11(16)17/h1-4,7H,5-6H2,(H,16,17)(H3,13,14,15). The smallest absolute Gasteiger partial charge is 0.303 e. The molecule has 1 aromatic heterocycles. The van der Waals surface area contributed by atoms with E-state index in [9.17, 15) is 4.79 Å². The summed E-state index contributed by atoms with van der Waals surface area (Å²) in [5.41, 5.74) is 8.25. The van der Waals surface area contributed by atoms with Crippen molar-refractivity contribution in [2.45, 2.75) is 12.8 Å². The van der Waals surface area contributed by atoms with E-state index in [-0.39, 0.29) is 6.42 Å². The highest BCUT2D eigenvalue weighted by molar-refractivity contribution is 5.69. The molecular formula is C12H13N3O2. The number of nitrogens with zero attached hydrogens (tertiary/aromatic N) is 1. The minimum atomic E-state index is -0.802. The SMILES string of the molecule is Nc1ncc(-c2ccccc2CCC(=O)O)[nH]1. The fourth-order valence-corrected chi connectivity index (χ4v) is 1.72. The molecule has 0 radical (unpaired) electrons. The predicted octanol–water partition coefficient (Wildman–Crippen LogP) is 1.68. The Hall–Kier alpha value is -2.30. The van der Waals surface area contributed by atoms with Crippen LogP contribution in [0.4, 0.5) is 5.95 Å². The van der Waals surface area contributed by atoms with Gasteiger partial charge < -0.3 is 15.8 Å². The summed E-state index contributed by atoms with van der Waals surface area (Å²) < 4.78 is 0. The maximum absolute atomic E-state index is 10.6. The van der Waals surface area contributed by atoms with E-state index in [4.69, 9.17) is 10.8 Å². The second kappa shape index (κ2) is 4.69. The highest BCUT2D eigenvalue weighted by atomic mass is 16.4. The number of aromatic nitrogens is 2. The van der Waals surface area contributed by atoms with Crippen molar-refractivity contribution in [1.82, 2.24) is 9.97 Å². The van der Waals surface area contributed by atoms with Crippen LogP contribution in [0.5, 0.6) is 0 Å². The largest absolute Gasteiger partial charge is 0.481 e. The average Bonchev–Trinajstić information content (AvgIpc) is 2.73. The molecule has 0 saturated carbocycles. The molecular weight excluding hydrogens is 218 g/mol. The summed E-state index contributed by atoms with van der Waals surface area (Å²) in [6.07, 6.45) is 2.25. The lowest BCUT2D eigenvalue weighted by Crippen LogP contribution is -1.99. The summed E-state index contributed by atoms with van der Waals surface area (Å²) in [5.74, 6) is -0.447. The lowest BCUT2D eigenvalue weighted by atomic mass is 10.0. The van der Waals surface area contributed by atoms with Crippen molar-refractivity contribution in [3.63, 3.8) is 0 Å². The van der Waals surface area contributed by atoms with Crippen LogP contribution in [-0.2, 0) is 11.2 Å². The van der Waals surface area contributed by atoms with Crippen LogP contribution in [0.15, 0.2) is 30.5 Å². The highest BCUT2D eigenvalue weighted by Crippen LogP contribution is 2.23. The number of nitrogens with two attached hydrogens (primary N) is 1. The molecule has 0 unspecified atom stereocenters. The number of carboxylic acids is 1. The molecule has 0 atom stereocenters. The summed E-state index contributed by atoms with van der Waals surface area (Å²) >= 11 is 0. The number of imidazole rings is 1. The maximum Gasteiger partial charge on any atom is 0.303 e. The first-order valence-corrected chi connectivity index (χ1v) is 5.27. The zero-order chi connectivity index (χ0) is 12.3. The molecule has 17 heavy (non-hydrogen) atoms. The van der Waals surface area contributed by atoms with Gasteiger partial charge in [0, 0.05) is 12.0 Å². The van der Waals surface area contributed by atoms with Gasteiger partial charge in [-0.2, -0.15) is 0 Å². The van der Waals surface area contributed by atoms with Gasteiger partial charge in [-0.15, -0.1) is 0 Å². The number of nitrogen functional groups attached to an aromatic ring is 1. The number of benzene rings is 1. The van der Waals surface area contributed by atoms with Crippen molar-refractivity contribution < 1.29 is 9.90 Å². The number of aromatic amines is 1. The maximum atomic E-state index is 10.6. The second-order valence-corrected chi connectivity index (χ2v) is 3.73. The summed E-state index contributed by atoms with van der Waals surface area (Å²) in [6.45, 7) is 0. The summed E-state index contributed by atoms with van der Waals surface area (Å²) in [6, 6.07) is 7.62. The molecule has 0 bridgehead atoms. The molecule has 5 heteroatoms. The number of aryl methyl sites for hydroxylation is 1. The van der Waals surface area contributed by atoms with Gasteiger partial charge in [0.25, 0.3) is 0 Å². The number of hydrogen-bond donors (Lipinski definition) is 3. The minimum absolute atomic E-state index is 0.112. The number of nitrogens with one attached hydrogen (secondary N) is 1. The van der Waals surface area contributed by atoms with Gasteiger partial charge in [-0.25, -0.2) is 4.98 Å². The molecule has 2 rings (SSSR count). The van der Waals surface area contributed by atoms with E-state index in [1.165, 1.54) is 0 Å². The Labute approximate surface area is 98.3 Å². The van der Waals surface area contributed by atoms with Gasteiger partial charge in [-0.1, -0.05) is 24.3 Å². The highest BCUT2D eigenvalue weighted by Gasteiger charge is 2.08. The quantitative estimate of drug-likeness (QED) is 0.746. The predicted molar refractivity (Wildman–Crippen MR) is 64.4 cm³/mol. The molecule has 0 spiro atoms. The van der Waals surface area contributed by atoms with Crippen molar-refractivity contribution >= 4 is 11.9 Å². The van der Waals surface area contributed by atoms with Gasteiger partial charge in [-0.3, -0.25) is 4.79 Å². The van der Waals surface area contributed by atoms with Gasteiger partial charge in [0.1, 0.15) is 0 Å². The van der Waals surface area contributed by atoms with Crippen LogP contribution in [0.3, 0.4) is 0 Å². The zero-order valence-corrected chi connectivity index (χ0v) is 9.18. The molecule has 5 nitrogen and oxygen atoms in total. The van der Waals surface area contributed by atoms with Gasteiger partial charge in [0.05, 0.1) is 11.9 Å². The molecule has 0 aliphatic heterocycles. The molecule has 0 fully saturated rings. The van der Waals surface area contributed by atoms with Crippen molar-refractivity contribution in [2.75, 3.05) is 5.73 Å². The third-order valence-electron chi connectivity index (χ3n) is 2.51. The molecule has 0 saturated heterocycles. The fourth-order valence-electron chi connectivity index (χ4n) is 1.72. The van der Waals surface area contributed by atoms with E-state index in [0.717, 1.165) is 16.8 Å². The summed E-state index contributed by atoms with van der Waals surface area (Å²) in [4.78, 5) is 17.5. The summed E-state index contributed by atoms with van der Waals surface area (Å²) in [7, 11) is 0. The van der Waals surface area contributed by atoms with E-state index in [1.54, 1.807) is 6.20 Å². The molecule has 1 aromatic carbocycles. The third kappa shape index (κ3) is 2.63. The number of carboxylic acid groups (broad SMARTS) is 1. The Morgan fingerprint density at radius 3 is 2.82 bits per heavy atom. The van der Waals surface area contributed by atoms with Crippen molar-refractivity contribution in [2.24, 2.45) is 0 Å². The zero-order valence-electron chi connectivity index (χ0n) is 9.18. The first-order valence-electron chi connectivity index (χ1n) is 5.27. The first-order chi connectivity index (χ1) is 8.16. The van der Waals surface area contributed by atoms with Crippen LogP contribution < -0.4 is 5.73 Å². The first kappa shape index (κ1) is 11.2. The molecule has 88 valence electrons. The number of rotatable bonds is 4. The van der Waals surface area contributed by atoms with Crippen molar-refractivity contribution in [1.29, 1.82) is 0 Å². The van der Waals surface area contributed by atoms with E-state index in [0.29, 0.717) is 12.4 Å². The normalized spacial score (nSPS) is 10.4. The third-order valence-corrected chi connectivity index (χ3v) is 2.51. The second-order valence-electron chi connectivity index (χ2n) is 3.73.